The van der Waals surface area contributed by atoms with Crippen molar-refractivity contribution in [3.63, 3.8) is 0 Å². The van der Waals surface area contributed by atoms with E-state index in [0.29, 0.717) is 5.56 Å². The average molecular weight is 238 g/mol. The first kappa shape index (κ1) is 13.8. The van der Waals surface area contributed by atoms with Crippen LogP contribution in [0.5, 0.6) is 0 Å². The van der Waals surface area contributed by atoms with Crippen molar-refractivity contribution in [2.24, 2.45) is 12.8 Å². The Balaban J connectivity index is 3.17. The van der Waals surface area contributed by atoms with E-state index in [0.717, 1.165) is 29.8 Å². The highest BCUT2D eigenvalue weighted by molar-refractivity contribution is 5.93. The number of rotatable bonds is 4. The third-order valence-corrected chi connectivity index (χ3v) is 3.35. The second-order valence-electron chi connectivity index (χ2n) is 4.59. The van der Waals surface area contributed by atoms with E-state index in [-0.39, 0.29) is 12.0 Å². The number of esters is 1. The molecule has 1 aromatic rings. The highest BCUT2D eigenvalue weighted by atomic mass is 16.5. The lowest BCUT2D eigenvalue weighted by molar-refractivity contribution is 0.0598. The Hall–Kier alpha value is -1.29. The molecule has 0 saturated carbocycles. The number of aromatic nitrogens is 1. The van der Waals surface area contributed by atoms with Gasteiger partial charge in [0.1, 0.15) is 0 Å². The first-order valence-electron chi connectivity index (χ1n) is 5.88. The predicted molar refractivity (Wildman–Crippen MR) is 68.2 cm³/mol. The molecule has 0 saturated heterocycles. The van der Waals surface area contributed by atoms with Crippen LogP contribution in [-0.2, 0) is 18.2 Å². The second kappa shape index (κ2) is 5.36. The molecule has 0 aliphatic rings. The second-order valence-corrected chi connectivity index (χ2v) is 4.59. The van der Waals surface area contributed by atoms with Gasteiger partial charge in [-0.1, -0.05) is 0 Å². The zero-order valence-corrected chi connectivity index (χ0v) is 11.3. The Bertz CT molecular complexity index is 420. The Morgan fingerprint density at radius 2 is 2.00 bits per heavy atom. The smallest absolute Gasteiger partial charge is 0.339 e. The van der Waals surface area contributed by atoms with E-state index in [9.17, 15) is 4.79 Å². The van der Waals surface area contributed by atoms with Crippen LogP contribution in [0.1, 0.15) is 40.7 Å². The average Bonchev–Trinajstić information content (AvgIpc) is 2.50. The molecule has 0 radical (unpaired) electrons. The van der Waals surface area contributed by atoms with Crippen molar-refractivity contribution in [1.29, 1.82) is 0 Å². The molecule has 0 aromatic carbocycles. The number of carbonyl (C=O) groups is 1. The highest BCUT2D eigenvalue weighted by Crippen LogP contribution is 2.23. The molecule has 0 amide bonds. The zero-order chi connectivity index (χ0) is 13.2. The van der Waals surface area contributed by atoms with Gasteiger partial charge in [0.05, 0.1) is 12.7 Å². The van der Waals surface area contributed by atoms with Gasteiger partial charge < -0.3 is 15.0 Å². The van der Waals surface area contributed by atoms with Gasteiger partial charge in [0, 0.05) is 24.5 Å². The van der Waals surface area contributed by atoms with E-state index < -0.39 is 0 Å². The lowest BCUT2D eigenvalue weighted by Gasteiger charge is -2.07. The molecule has 1 heterocycles. The van der Waals surface area contributed by atoms with Crippen molar-refractivity contribution in [1.82, 2.24) is 4.57 Å². The van der Waals surface area contributed by atoms with E-state index in [1.807, 2.05) is 32.4 Å². The largest absolute Gasteiger partial charge is 0.465 e. The number of nitrogens with zero attached hydrogens (tertiary/aromatic N) is 1. The van der Waals surface area contributed by atoms with Crippen molar-refractivity contribution in [2.75, 3.05) is 7.11 Å². The fourth-order valence-corrected chi connectivity index (χ4v) is 2.07. The quantitative estimate of drug-likeness (QED) is 0.812. The van der Waals surface area contributed by atoms with Gasteiger partial charge in [0.15, 0.2) is 0 Å². The lowest BCUT2D eigenvalue weighted by atomic mass is 10.0. The maximum absolute atomic E-state index is 11.8. The van der Waals surface area contributed by atoms with Crippen molar-refractivity contribution >= 4 is 5.97 Å². The molecule has 1 rings (SSSR count). The number of methoxy groups -OCH3 is 1. The summed E-state index contributed by atoms with van der Waals surface area (Å²) in [4.78, 5) is 11.8. The van der Waals surface area contributed by atoms with Crippen LogP contribution in [-0.4, -0.2) is 23.7 Å². The number of ether oxygens (including phenoxy) is 1. The van der Waals surface area contributed by atoms with Crippen LogP contribution in [0.4, 0.5) is 0 Å². The molecule has 2 N–H and O–H groups in total. The number of hydrogen-bond acceptors (Lipinski definition) is 3. The minimum absolute atomic E-state index is 0.139. The number of hydrogen-bond donors (Lipinski definition) is 1. The molecule has 1 atom stereocenters. The van der Waals surface area contributed by atoms with Crippen molar-refractivity contribution in [3.05, 3.63) is 22.5 Å². The molecule has 0 bridgehead atoms. The molecule has 0 aliphatic heterocycles. The molecule has 0 fully saturated rings. The molecule has 96 valence electrons. The van der Waals surface area contributed by atoms with Crippen molar-refractivity contribution in [3.8, 4) is 0 Å². The summed E-state index contributed by atoms with van der Waals surface area (Å²) in [7, 11) is 3.38. The summed E-state index contributed by atoms with van der Waals surface area (Å²) in [6, 6.07) is 0.139. The summed E-state index contributed by atoms with van der Waals surface area (Å²) in [5.41, 5.74) is 9.60. The molecule has 1 unspecified atom stereocenters. The molecule has 0 aliphatic carbocycles. The van der Waals surface area contributed by atoms with Crippen LogP contribution >= 0.6 is 0 Å². The Morgan fingerprint density at radius 1 is 1.41 bits per heavy atom. The van der Waals surface area contributed by atoms with Gasteiger partial charge in [-0.25, -0.2) is 4.79 Å². The molecular formula is C13H22N2O2. The summed E-state index contributed by atoms with van der Waals surface area (Å²) in [5.74, 6) is -0.258. The van der Waals surface area contributed by atoms with Gasteiger partial charge >= 0.3 is 5.97 Å². The van der Waals surface area contributed by atoms with E-state index in [4.69, 9.17) is 10.5 Å². The minimum atomic E-state index is -0.258. The molecule has 0 spiro atoms. The molecule has 4 nitrogen and oxygen atoms in total. The van der Waals surface area contributed by atoms with Crippen LogP contribution in [0.15, 0.2) is 0 Å². The fraction of sp³-hybridized carbons (Fsp3) is 0.615. The van der Waals surface area contributed by atoms with Gasteiger partial charge in [-0.15, -0.1) is 0 Å². The zero-order valence-electron chi connectivity index (χ0n) is 11.3. The summed E-state index contributed by atoms with van der Waals surface area (Å²) in [6.07, 6.45) is 1.68. The summed E-state index contributed by atoms with van der Waals surface area (Å²) >= 11 is 0. The van der Waals surface area contributed by atoms with E-state index >= 15 is 0 Å². The van der Waals surface area contributed by atoms with Gasteiger partial charge in [0.2, 0.25) is 0 Å². The van der Waals surface area contributed by atoms with Gasteiger partial charge in [0.25, 0.3) is 0 Å². The highest BCUT2D eigenvalue weighted by Gasteiger charge is 2.21. The van der Waals surface area contributed by atoms with Crippen LogP contribution in [0.2, 0.25) is 0 Å². The van der Waals surface area contributed by atoms with E-state index in [1.165, 1.54) is 7.11 Å². The third kappa shape index (κ3) is 2.69. The Kier molecular flexibility index (Phi) is 4.34. The monoisotopic (exact) mass is 238 g/mol. The topological polar surface area (TPSA) is 57.2 Å². The standard InChI is InChI=1S/C13H22N2O2/c1-8(14)6-7-11-9(2)15(4)10(3)12(11)13(16)17-5/h8H,6-7,14H2,1-5H3. The third-order valence-electron chi connectivity index (χ3n) is 3.35. The van der Waals surface area contributed by atoms with Crippen LogP contribution in [0.25, 0.3) is 0 Å². The maximum Gasteiger partial charge on any atom is 0.339 e. The van der Waals surface area contributed by atoms with Crippen LogP contribution < -0.4 is 5.73 Å². The lowest BCUT2D eigenvalue weighted by Crippen LogP contribution is -2.16. The number of carbonyl (C=O) groups excluding carboxylic acids is 1. The SMILES string of the molecule is COC(=O)c1c(CCC(C)N)c(C)n(C)c1C. The first-order valence-corrected chi connectivity index (χ1v) is 5.88. The van der Waals surface area contributed by atoms with E-state index in [2.05, 4.69) is 0 Å². The number of nitrogens with two attached hydrogens (primary N) is 1. The normalized spacial score (nSPS) is 12.6. The fourth-order valence-electron chi connectivity index (χ4n) is 2.07. The maximum atomic E-state index is 11.8. The van der Waals surface area contributed by atoms with Crippen LogP contribution in [0, 0.1) is 13.8 Å². The summed E-state index contributed by atoms with van der Waals surface area (Å²) in [6.45, 7) is 5.94. The molecule has 1 aromatic heterocycles. The molecular weight excluding hydrogens is 216 g/mol. The van der Waals surface area contributed by atoms with Gasteiger partial charge in [-0.05, 0) is 39.2 Å². The van der Waals surface area contributed by atoms with Crippen molar-refractivity contribution in [2.45, 2.75) is 39.7 Å². The molecule has 4 heteroatoms. The van der Waals surface area contributed by atoms with Crippen molar-refractivity contribution < 1.29 is 9.53 Å². The predicted octanol–water partition coefficient (Wildman–Crippen LogP) is 1.71. The minimum Gasteiger partial charge on any atom is -0.465 e. The summed E-state index contributed by atoms with van der Waals surface area (Å²) in [5, 5.41) is 0. The van der Waals surface area contributed by atoms with Gasteiger partial charge in [-0.2, -0.15) is 0 Å². The Morgan fingerprint density at radius 3 is 2.47 bits per heavy atom. The van der Waals surface area contributed by atoms with Gasteiger partial charge in [-0.3, -0.25) is 0 Å². The van der Waals surface area contributed by atoms with Crippen LogP contribution in [0.3, 0.4) is 0 Å². The molecule has 17 heavy (non-hydrogen) atoms. The summed E-state index contributed by atoms with van der Waals surface area (Å²) < 4.78 is 6.88. The first-order chi connectivity index (χ1) is 7.90. The van der Waals surface area contributed by atoms with E-state index in [1.54, 1.807) is 0 Å². The Labute approximate surface area is 103 Å².